The molecular formula is C18H18BrClN2O2S. The maximum Gasteiger partial charge on any atom is 0.264 e. The number of carbonyl (C=O) groups excluding carboxylic acids is 1. The average Bonchev–Trinajstić information content (AvgIpc) is 2.50. The summed E-state index contributed by atoms with van der Waals surface area (Å²) < 4.78 is 6.25. The fourth-order valence-corrected chi connectivity index (χ4v) is 3.36. The second kappa shape index (κ2) is 8.65. The normalized spacial score (nSPS) is 10.3. The predicted molar refractivity (Wildman–Crippen MR) is 110 cm³/mol. The van der Waals surface area contributed by atoms with E-state index in [9.17, 15) is 4.79 Å². The Balaban J connectivity index is 1.91. The van der Waals surface area contributed by atoms with Crippen molar-refractivity contribution in [3.05, 3.63) is 56.5 Å². The lowest BCUT2D eigenvalue weighted by Gasteiger charge is -2.15. The first kappa shape index (κ1) is 19.7. The number of amides is 1. The minimum absolute atomic E-state index is 0.185. The number of nitrogens with one attached hydrogen (secondary N) is 2. The second-order valence-electron chi connectivity index (χ2n) is 5.64. The monoisotopic (exact) mass is 440 g/mol. The van der Waals surface area contributed by atoms with E-state index in [2.05, 4.69) is 38.7 Å². The fraction of sp³-hybridized carbons (Fsp3) is 0.222. The van der Waals surface area contributed by atoms with Gasteiger partial charge in [0.25, 0.3) is 5.91 Å². The summed E-state index contributed by atoms with van der Waals surface area (Å²) in [7, 11) is 0. The summed E-state index contributed by atoms with van der Waals surface area (Å²) in [6, 6.07) is 9.28. The molecule has 0 aliphatic heterocycles. The van der Waals surface area contributed by atoms with Gasteiger partial charge < -0.3 is 10.1 Å². The number of thiocarbonyl (C=S) groups is 1. The molecule has 7 heteroatoms. The smallest absolute Gasteiger partial charge is 0.264 e. The van der Waals surface area contributed by atoms with Crippen LogP contribution in [0.2, 0.25) is 5.02 Å². The highest BCUT2D eigenvalue weighted by atomic mass is 79.9. The average molecular weight is 442 g/mol. The van der Waals surface area contributed by atoms with Gasteiger partial charge in [-0.3, -0.25) is 10.1 Å². The number of aryl methyl sites for hydroxylation is 3. The molecule has 0 atom stereocenters. The first-order valence-electron chi connectivity index (χ1n) is 7.53. The molecule has 0 aliphatic rings. The van der Waals surface area contributed by atoms with E-state index in [-0.39, 0.29) is 17.6 Å². The molecule has 2 N–H and O–H groups in total. The molecule has 0 saturated heterocycles. The molecule has 0 fully saturated rings. The van der Waals surface area contributed by atoms with Crippen LogP contribution < -0.4 is 15.4 Å². The highest BCUT2D eigenvalue weighted by Gasteiger charge is 2.10. The molecule has 0 aromatic heterocycles. The van der Waals surface area contributed by atoms with Crippen LogP contribution in [0.4, 0.5) is 5.69 Å². The second-order valence-corrected chi connectivity index (χ2v) is 7.37. The molecule has 0 unspecified atom stereocenters. The third-order valence-corrected chi connectivity index (χ3v) is 4.41. The molecule has 0 aliphatic carbocycles. The number of benzene rings is 2. The van der Waals surface area contributed by atoms with E-state index < -0.39 is 0 Å². The van der Waals surface area contributed by atoms with E-state index in [1.807, 2.05) is 20.8 Å². The van der Waals surface area contributed by atoms with E-state index in [4.69, 9.17) is 28.6 Å². The zero-order valence-corrected chi connectivity index (χ0v) is 17.2. The van der Waals surface area contributed by atoms with Gasteiger partial charge in [-0.25, -0.2) is 0 Å². The third-order valence-electron chi connectivity index (χ3n) is 3.42. The van der Waals surface area contributed by atoms with E-state index in [1.165, 1.54) is 5.56 Å². The van der Waals surface area contributed by atoms with Crippen LogP contribution in [0.3, 0.4) is 0 Å². The van der Waals surface area contributed by atoms with Gasteiger partial charge in [-0.1, -0.05) is 45.2 Å². The van der Waals surface area contributed by atoms with E-state index in [0.717, 1.165) is 21.3 Å². The van der Waals surface area contributed by atoms with Crippen LogP contribution in [-0.4, -0.2) is 17.6 Å². The molecule has 0 bridgehead atoms. The van der Waals surface area contributed by atoms with E-state index in [0.29, 0.717) is 10.8 Å². The van der Waals surface area contributed by atoms with E-state index in [1.54, 1.807) is 18.2 Å². The molecule has 2 rings (SSSR count). The fourth-order valence-electron chi connectivity index (χ4n) is 2.42. The molecule has 0 radical (unpaired) electrons. The number of hydrogen-bond donors (Lipinski definition) is 2. The van der Waals surface area contributed by atoms with Crippen molar-refractivity contribution in [3.8, 4) is 5.75 Å². The molecule has 0 heterocycles. The molecule has 4 nitrogen and oxygen atoms in total. The molecule has 2 aromatic rings. The van der Waals surface area contributed by atoms with Crippen molar-refractivity contribution in [2.24, 2.45) is 0 Å². The van der Waals surface area contributed by atoms with Crippen molar-refractivity contribution in [3.63, 3.8) is 0 Å². The van der Waals surface area contributed by atoms with Crippen molar-refractivity contribution < 1.29 is 9.53 Å². The summed E-state index contributed by atoms with van der Waals surface area (Å²) in [5.41, 5.74) is 4.20. The van der Waals surface area contributed by atoms with Crippen molar-refractivity contribution in [1.29, 1.82) is 0 Å². The number of carbonyl (C=O) groups is 1. The van der Waals surface area contributed by atoms with E-state index >= 15 is 0 Å². The van der Waals surface area contributed by atoms with Gasteiger partial charge in [0, 0.05) is 10.2 Å². The maximum atomic E-state index is 12.0. The van der Waals surface area contributed by atoms with Gasteiger partial charge >= 0.3 is 0 Å². The summed E-state index contributed by atoms with van der Waals surface area (Å²) in [4.78, 5) is 12.0. The first-order valence-corrected chi connectivity index (χ1v) is 9.10. The van der Waals surface area contributed by atoms with Crippen molar-refractivity contribution >= 4 is 56.5 Å². The molecule has 1 amide bonds. The van der Waals surface area contributed by atoms with Gasteiger partial charge in [0.1, 0.15) is 5.75 Å². The summed E-state index contributed by atoms with van der Waals surface area (Å²) in [6.07, 6.45) is 0. The molecule has 0 saturated carbocycles. The number of rotatable bonds is 4. The Bertz CT molecular complexity index is 804. The zero-order chi connectivity index (χ0) is 18.6. The number of ether oxygens (including phenoxy) is 1. The number of hydrogen-bond acceptors (Lipinski definition) is 3. The lowest BCUT2D eigenvalue weighted by atomic mass is 10.1. The van der Waals surface area contributed by atoms with Crippen LogP contribution in [0.5, 0.6) is 5.75 Å². The van der Waals surface area contributed by atoms with Crippen LogP contribution in [-0.2, 0) is 4.79 Å². The van der Waals surface area contributed by atoms with Crippen molar-refractivity contribution in [2.75, 3.05) is 11.9 Å². The number of anilines is 1. The van der Waals surface area contributed by atoms with Crippen LogP contribution in [0.25, 0.3) is 0 Å². The Kier molecular flexibility index (Phi) is 6.81. The minimum Gasteiger partial charge on any atom is -0.482 e. The topological polar surface area (TPSA) is 50.4 Å². The van der Waals surface area contributed by atoms with Crippen LogP contribution in [0.1, 0.15) is 16.7 Å². The maximum absolute atomic E-state index is 12.0. The largest absolute Gasteiger partial charge is 0.482 e. The Hall–Kier alpha value is -1.63. The lowest BCUT2D eigenvalue weighted by Crippen LogP contribution is -2.37. The van der Waals surface area contributed by atoms with Gasteiger partial charge in [-0.15, -0.1) is 0 Å². The van der Waals surface area contributed by atoms with Crippen LogP contribution in [0.15, 0.2) is 34.8 Å². The highest BCUT2D eigenvalue weighted by Crippen LogP contribution is 2.27. The summed E-state index contributed by atoms with van der Waals surface area (Å²) in [6.45, 7) is 5.83. The molecule has 25 heavy (non-hydrogen) atoms. The lowest BCUT2D eigenvalue weighted by molar-refractivity contribution is -0.121. The number of halogens is 2. The quantitative estimate of drug-likeness (QED) is 0.661. The summed E-state index contributed by atoms with van der Waals surface area (Å²) >= 11 is 14.6. The zero-order valence-electron chi connectivity index (χ0n) is 14.1. The SMILES string of the molecule is Cc1cc(C)c(NC(=S)NC(=O)COc2ccc(Br)cc2Cl)c(C)c1. The van der Waals surface area contributed by atoms with Gasteiger partial charge in [0.05, 0.1) is 5.02 Å². The molecule has 132 valence electrons. The van der Waals surface area contributed by atoms with Gasteiger partial charge in [-0.05, 0) is 62.3 Å². The molecular weight excluding hydrogens is 424 g/mol. The van der Waals surface area contributed by atoms with Gasteiger partial charge in [-0.2, -0.15) is 0 Å². The van der Waals surface area contributed by atoms with Crippen LogP contribution >= 0.6 is 39.7 Å². The third kappa shape index (κ3) is 5.70. The molecule has 0 spiro atoms. The van der Waals surface area contributed by atoms with Crippen LogP contribution in [0, 0.1) is 20.8 Å². The van der Waals surface area contributed by atoms with Gasteiger partial charge in [0.2, 0.25) is 0 Å². The Morgan fingerprint density at radius 3 is 2.44 bits per heavy atom. The minimum atomic E-state index is -0.362. The van der Waals surface area contributed by atoms with Gasteiger partial charge in [0.15, 0.2) is 11.7 Å². The first-order chi connectivity index (χ1) is 11.8. The predicted octanol–water partition coefficient (Wildman–Crippen LogP) is 4.92. The Morgan fingerprint density at radius 1 is 1.20 bits per heavy atom. The van der Waals surface area contributed by atoms with Crippen molar-refractivity contribution in [1.82, 2.24) is 5.32 Å². The van der Waals surface area contributed by atoms with Crippen molar-refractivity contribution in [2.45, 2.75) is 20.8 Å². The summed E-state index contributed by atoms with van der Waals surface area (Å²) in [5, 5.41) is 6.32. The Labute approximate surface area is 166 Å². The summed E-state index contributed by atoms with van der Waals surface area (Å²) in [5.74, 6) is 0.0722. The Morgan fingerprint density at radius 2 is 1.84 bits per heavy atom. The highest BCUT2D eigenvalue weighted by molar-refractivity contribution is 9.10. The standard InChI is InChI=1S/C18H18BrClN2O2S/c1-10-6-11(2)17(12(3)7-10)22-18(25)21-16(23)9-24-15-5-4-13(19)8-14(15)20/h4-8H,9H2,1-3H3,(H2,21,22,23,25). The molecule has 2 aromatic carbocycles.